The second-order valence-electron chi connectivity index (χ2n) is 6.18. The van der Waals surface area contributed by atoms with E-state index in [1.807, 2.05) is 12.3 Å². The molecule has 7 heteroatoms. The van der Waals surface area contributed by atoms with E-state index < -0.39 is 0 Å². The Bertz CT molecular complexity index is 634. The van der Waals surface area contributed by atoms with Crippen molar-refractivity contribution in [3.05, 3.63) is 34.5 Å². The highest BCUT2D eigenvalue weighted by Crippen LogP contribution is 2.23. The molecule has 0 radical (unpaired) electrons. The van der Waals surface area contributed by atoms with Crippen LogP contribution in [0, 0.1) is 0 Å². The fourth-order valence-corrected chi connectivity index (χ4v) is 2.94. The van der Waals surface area contributed by atoms with Crippen molar-refractivity contribution in [3.63, 3.8) is 0 Å². The summed E-state index contributed by atoms with van der Waals surface area (Å²) in [5, 5.41) is 4.06. The molecule has 1 aliphatic rings. The van der Waals surface area contributed by atoms with Gasteiger partial charge >= 0.3 is 0 Å². The van der Waals surface area contributed by atoms with Crippen LogP contribution in [0.3, 0.4) is 0 Å². The van der Waals surface area contributed by atoms with Gasteiger partial charge in [0, 0.05) is 42.8 Å². The van der Waals surface area contributed by atoms with E-state index in [0.29, 0.717) is 11.8 Å². The van der Waals surface area contributed by atoms with Crippen molar-refractivity contribution < 1.29 is 4.52 Å². The number of halogens is 1. The van der Waals surface area contributed by atoms with Gasteiger partial charge in [-0.2, -0.15) is 4.98 Å². The predicted molar refractivity (Wildman–Crippen MR) is 92.5 cm³/mol. The molecule has 0 N–H and O–H groups in total. The van der Waals surface area contributed by atoms with Crippen molar-refractivity contribution in [1.82, 2.24) is 20.0 Å². The lowest BCUT2D eigenvalue weighted by molar-refractivity contribution is 0.164. The van der Waals surface area contributed by atoms with Crippen LogP contribution >= 0.6 is 15.9 Å². The minimum absolute atomic E-state index is 0.148. The molecule has 0 saturated carbocycles. The van der Waals surface area contributed by atoms with Gasteiger partial charge in [0.05, 0.1) is 6.04 Å². The van der Waals surface area contributed by atoms with Gasteiger partial charge in [-0.15, -0.1) is 0 Å². The van der Waals surface area contributed by atoms with Crippen LogP contribution in [0.25, 0.3) is 0 Å². The van der Waals surface area contributed by atoms with Crippen molar-refractivity contribution in [3.8, 4) is 0 Å². The molecule has 1 fully saturated rings. The van der Waals surface area contributed by atoms with Gasteiger partial charge in [0.2, 0.25) is 5.89 Å². The van der Waals surface area contributed by atoms with Crippen LogP contribution in [0.2, 0.25) is 0 Å². The van der Waals surface area contributed by atoms with E-state index >= 15 is 0 Å². The molecule has 1 unspecified atom stereocenters. The van der Waals surface area contributed by atoms with E-state index in [1.165, 1.54) is 0 Å². The maximum absolute atomic E-state index is 5.43. The van der Waals surface area contributed by atoms with Crippen molar-refractivity contribution in [2.24, 2.45) is 0 Å². The largest absolute Gasteiger partial charge is 0.354 e. The third kappa shape index (κ3) is 3.72. The molecule has 124 valence electrons. The molecular weight excluding hydrogens is 358 g/mol. The number of anilines is 1. The Balaban J connectivity index is 1.60. The summed E-state index contributed by atoms with van der Waals surface area (Å²) in [6.07, 6.45) is 1.84. The SMILES string of the molecule is CC(C)c1noc(C(C)N2CCN(c3ccc(Br)cn3)CC2)n1. The van der Waals surface area contributed by atoms with Crippen LogP contribution in [0.1, 0.15) is 44.4 Å². The molecule has 0 spiro atoms. The van der Waals surface area contributed by atoms with Crippen LogP contribution in [0.4, 0.5) is 5.82 Å². The van der Waals surface area contributed by atoms with Crippen molar-refractivity contribution >= 4 is 21.7 Å². The molecule has 0 bridgehead atoms. The smallest absolute Gasteiger partial charge is 0.243 e. The first-order valence-corrected chi connectivity index (χ1v) is 8.78. The normalized spacial score (nSPS) is 17.7. The Morgan fingerprint density at radius 1 is 1.13 bits per heavy atom. The van der Waals surface area contributed by atoms with E-state index in [9.17, 15) is 0 Å². The molecule has 1 aliphatic heterocycles. The summed E-state index contributed by atoms with van der Waals surface area (Å²) < 4.78 is 6.44. The molecule has 0 aliphatic carbocycles. The first kappa shape index (κ1) is 16.4. The lowest BCUT2D eigenvalue weighted by Gasteiger charge is -2.37. The highest BCUT2D eigenvalue weighted by atomic mass is 79.9. The first-order valence-electron chi connectivity index (χ1n) is 7.98. The van der Waals surface area contributed by atoms with E-state index in [2.05, 4.69) is 67.7 Å². The maximum atomic E-state index is 5.43. The minimum Gasteiger partial charge on any atom is -0.354 e. The second-order valence-corrected chi connectivity index (χ2v) is 7.09. The lowest BCUT2D eigenvalue weighted by Crippen LogP contribution is -2.47. The molecule has 1 saturated heterocycles. The molecule has 2 aromatic rings. The summed E-state index contributed by atoms with van der Waals surface area (Å²) in [7, 11) is 0. The molecule has 1 atom stereocenters. The molecule has 0 amide bonds. The third-order valence-corrected chi connectivity index (χ3v) is 4.70. The molecule has 23 heavy (non-hydrogen) atoms. The van der Waals surface area contributed by atoms with Gasteiger partial charge in [0.15, 0.2) is 5.82 Å². The fraction of sp³-hybridized carbons (Fsp3) is 0.562. The van der Waals surface area contributed by atoms with Gasteiger partial charge in [-0.3, -0.25) is 4.90 Å². The van der Waals surface area contributed by atoms with Gasteiger partial charge in [0.1, 0.15) is 5.82 Å². The Kier molecular flexibility index (Phi) is 4.96. The average Bonchev–Trinajstić information content (AvgIpc) is 3.05. The van der Waals surface area contributed by atoms with Crippen LogP contribution in [-0.4, -0.2) is 46.2 Å². The molecule has 2 aromatic heterocycles. The first-order chi connectivity index (χ1) is 11.0. The standard InChI is InChI=1S/C16H22BrN5O/c1-11(2)15-19-16(23-20-15)12(3)21-6-8-22(9-7-21)14-5-4-13(17)10-18-14/h4-5,10-12H,6-9H2,1-3H3. The Morgan fingerprint density at radius 2 is 1.87 bits per heavy atom. The zero-order valence-electron chi connectivity index (χ0n) is 13.7. The molecule has 0 aromatic carbocycles. The van der Waals surface area contributed by atoms with E-state index in [4.69, 9.17) is 4.52 Å². The number of rotatable bonds is 4. The zero-order valence-corrected chi connectivity index (χ0v) is 15.3. The number of pyridine rings is 1. The quantitative estimate of drug-likeness (QED) is 0.812. The topological polar surface area (TPSA) is 58.3 Å². The van der Waals surface area contributed by atoms with E-state index in [-0.39, 0.29) is 6.04 Å². The summed E-state index contributed by atoms with van der Waals surface area (Å²) in [6.45, 7) is 10.1. The monoisotopic (exact) mass is 379 g/mol. The van der Waals surface area contributed by atoms with E-state index in [1.54, 1.807) is 0 Å². The van der Waals surface area contributed by atoms with Crippen LogP contribution in [0.5, 0.6) is 0 Å². The Hall–Kier alpha value is -1.47. The molecular formula is C16H22BrN5O. The Labute approximate surface area is 145 Å². The van der Waals surface area contributed by atoms with Gasteiger partial charge < -0.3 is 9.42 Å². The van der Waals surface area contributed by atoms with Gasteiger partial charge in [-0.25, -0.2) is 4.98 Å². The predicted octanol–water partition coefficient (Wildman–Crippen LogP) is 3.23. The van der Waals surface area contributed by atoms with Gasteiger partial charge in [-0.1, -0.05) is 19.0 Å². The number of piperazine rings is 1. The zero-order chi connectivity index (χ0) is 16.4. The number of aromatic nitrogens is 3. The summed E-state index contributed by atoms with van der Waals surface area (Å²) in [4.78, 5) is 13.7. The number of hydrogen-bond donors (Lipinski definition) is 0. The average molecular weight is 380 g/mol. The maximum Gasteiger partial charge on any atom is 0.243 e. The second kappa shape index (κ2) is 6.97. The number of nitrogens with zero attached hydrogens (tertiary/aromatic N) is 5. The fourth-order valence-electron chi connectivity index (χ4n) is 2.70. The van der Waals surface area contributed by atoms with Crippen LogP contribution < -0.4 is 4.90 Å². The summed E-state index contributed by atoms with van der Waals surface area (Å²) in [5.74, 6) is 2.81. The molecule has 3 heterocycles. The summed E-state index contributed by atoms with van der Waals surface area (Å²) >= 11 is 3.42. The van der Waals surface area contributed by atoms with Crippen LogP contribution in [-0.2, 0) is 0 Å². The van der Waals surface area contributed by atoms with Crippen LogP contribution in [0.15, 0.2) is 27.3 Å². The van der Waals surface area contributed by atoms with Gasteiger partial charge in [-0.05, 0) is 35.0 Å². The summed E-state index contributed by atoms with van der Waals surface area (Å²) in [6, 6.07) is 4.23. The third-order valence-electron chi connectivity index (χ3n) is 4.23. The summed E-state index contributed by atoms with van der Waals surface area (Å²) in [5.41, 5.74) is 0. The molecule has 3 rings (SSSR count). The van der Waals surface area contributed by atoms with Crippen molar-refractivity contribution in [2.45, 2.75) is 32.7 Å². The number of hydrogen-bond acceptors (Lipinski definition) is 6. The lowest BCUT2D eigenvalue weighted by atomic mass is 10.2. The Morgan fingerprint density at radius 3 is 2.43 bits per heavy atom. The van der Waals surface area contributed by atoms with Gasteiger partial charge in [0.25, 0.3) is 0 Å². The van der Waals surface area contributed by atoms with Crippen molar-refractivity contribution in [2.75, 3.05) is 31.1 Å². The molecule has 6 nitrogen and oxygen atoms in total. The van der Waals surface area contributed by atoms with E-state index in [0.717, 1.165) is 42.3 Å². The highest BCUT2D eigenvalue weighted by molar-refractivity contribution is 9.10. The highest BCUT2D eigenvalue weighted by Gasteiger charge is 2.26. The minimum atomic E-state index is 0.148. The van der Waals surface area contributed by atoms with Crippen molar-refractivity contribution in [1.29, 1.82) is 0 Å².